The van der Waals surface area contributed by atoms with Gasteiger partial charge < -0.3 is 10.1 Å². The number of aryl methyl sites for hydroxylation is 2. The van der Waals surface area contributed by atoms with Crippen LogP contribution in [-0.2, 0) is 9.84 Å². The Morgan fingerprint density at radius 3 is 2.38 bits per heavy atom. The lowest BCUT2D eigenvalue weighted by Gasteiger charge is -2.14. The highest BCUT2D eigenvalue weighted by Crippen LogP contribution is 2.28. The molecule has 136 valence electrons. The number of benzene rings is 2. The Morgan fingerprint density at radius 1 is 1.08 bits per heavy atom. The number of sulfone groups is 1. The number of amides is 1. The second kappa shape index (κ2) is 6.96. The van der Waals surface area contributed by atoms with Gasteiger partial charge in [-0.25, -0.2) is 8.42 Å². The standard InChI is InChI=1S/C20H21NO4S/c1-13-4-5-15(10-14(13)2)16-6-7-18(19(11-16)25-3)20(22)21-17-8-9-26(23,24)12-17/h4-11,17H,12H2,1-3H3,(H,21,22). The largest absolute Gasteiger partial charge is 0.496 e. The van der Waals surface area contributed by atoms with E-state index in [2.05, 4.69) is 31.3 Å². The zero-order valence-electron chi connectivity index (χ0n) is 14.9. The van der Waals surface area contributed by atoms with Crippen LogP contribution in [0.1, 0.15) is 21.5 Å². The Hall–Kier alpha value is -2.60. The molecule has 0 aliphatic carbocycles. The highest BCUT2D eigenvalue weighted by atomic mass is 32.2. The molecule has 1 unspecified atom stereocenters. The molecular formula is C20H21NO4S. The fourth-order valence-corrected chi connectivity index (χ4v) is 4.13. The molecule has 5 nitrogen and oxygen atoms in total. The number of carbonyl (C=O) groups excluding carboxylic acids is 1. The van der Waals surface area contributed by atoms with Crippen molar-refractivity contribution in [3.63, 3.8) is 0 Å². The summed E-state index contributed by atoms with van der Waals surface area (Å²) in [6, 6.07) is 11.1. The Bertz CT molecular complexity index is 993. The summed E-state index contributed by atoms with van der Waals surface area (Å²) >= 11 is 0. The molecule has 0 fully saturated rings. The fraction of sp³-hybridized carbons (Fsp3) is 0.250. The van der Waals surface area contributed by atoms with Gasteiger partial charge in [0.1, 0.15) is 5.75 Å². The second-order valence-corrected chi connectivity index (χ2v) is 8.38. The zero-order valence-corrected chi connectivity index (χ0v) is 15.8. The van der Waals surface area contributed by atoms with E-state index in [1.165, 1.54) is 24.3 Å². The minimum Gasteiger partial charge on any atom is -0.496 e. The molecule has 6 heteroatoms. The monoisotopic (exact) mass is 371 g/mol. The number of hydrogen-bond acceptors (Lipinski definition) is 4. The van der Waals surface area contributed by atoms with Crippen LogP contribution in [0.5, 0.6) is 5.75 Å². The van der Waals surface area contributed by atoms with Crippen molar-refractivity contribution < 1.29 is 17.9 Å². The minimum atomic E-state index is -3.22. The summed E-state index contributed by atoms with van der Waals surface area (Å²) in [7, 11) is -1.71. The van der Waals surface area contributed by atoms with E-state index in [4.69, 9.17) is 4.74 Å². The first-order chi connectivity index (χ1) is 12.3. The lowest BCUT2D eigenvalue weighted by Crippen LogP contribution is -2.35. The van der Waals surface area contributed by atoms with Crippen LogP contribution in [-0.4, -0.2) is 33.2 Å². The van der Waals surface area contributed by atoms with Gasteiger partial charge in [0.15, 0.2) is 9.84 Å². The van der Waals surface area contributed by atoms with Crippen LogP contribution in [0.4, 0.5) is 0 Å². The van der Waals surface area contributed by atoms with Gasteiger partial charge in [-0.2, -0.15) is 0 Å². The quantitative estimate of drug-likeness (QED) is 0.897. The van der Waals surface area contributed by atoms with Crippen molar-refractivity contribution in [2.75, 3.05) is 12.9 Å². The van der Waals surface area contributed by atoms with Gasteiger partial charge in [-0.1, -0.05) is 24.3 Å². The molecular weight excluding hydrogens is 350 g/mol. The highest BCUT2D eigenvalue weighted by Gasteiger charge is 2.24. The summed E-state index contributed by atoms with van der Waals surface area (Å²) in [5.74, 6) is -0.0230. The second-order valence-electron chi connectivity index (χ2n) is 6.45. The molecule has 0 saturated carbocycles. The third kappa shape index (κ3) is 3.80. The van der Waals surface area contributed by atoms with E-state index in [-0.39, 0.29) is 11.7 Å². The zero-order chi connectivity index (χ0) is 18.9. The normalized spacial score (nSPS) is 17.9. The van der Waals surface area contributed by atoms with Crippen LogP contribution < -0.4 is 10.1 Å². The van der Waals surface area contributed by atoms with Gasteiger partial charge in [0.25, 0.3) is 5.91 Å². The van der Waals surface area contributed by atoms with Gasteiger partial charge >= 0.3 is 0 Å². The summed E-state index contributed by atoms with van der Waals surface area (Å²) in [4.78, 5) is 12.5. The molecule has 1 aliphatic heterocycles. The molecule has 0 bridgehead atoms. The van der Waals surface area contributed by atoms with E-state index in [0.29, 0.717) is 11.3 Å². The topological polar surface area (TPSA) is 72.5 Å². The number of carbonyl (C=O) groups is 1. The van der Waals surface area contributed by atoms with Gasteiger partial charge in [0.2, 0.25) is 0 Å². The predicted octanol–water partition coefficient (Wildman–Crippen LogP) is 3.02. The van der Waals surface area contributed by atoms with Gasteiger partial charge in [-0.3, -0.25) is 4.79 Å². The highest BCUT2D eigenvalue weighted by molar-refractivity contribution is 7.94. The average Bonchev–Trinajstić information content (AvgIpc) is 2.95. The van der Waals surface area contributed by atoms with Crippen molar-refractivity contribution in [1.29, 1.82) is 0 Å². The Balaban J connectivity index is 1.86. The van der Waals surface area contributed by atoms with E-state index >= 15 is 0 Å². The van der Waals surface area contributed by atoms with Gasteiger partial charge in [0, 0.05) is 5.41 Å². The third-order valence-electron chi connectivity index (χ3n) is 4.53. The number of ether oxygens (including phenoxy) is 1. The molecule has 2 aromatic rings. The van der Waals surface area contributed by atoms with Gasteiger partial charge in [0.05, 0.1) is 24.5 Å². The van der Waals surface area contributed by atoms with Crippen molar-refractivity contribution in [2.24, 2.45) is 0 Å². The summed E-state index contributed by atoms with van der Waals surface area (Å²) < 4.78 is 28.3. The Kier molecular flexibility index (Phi) is 4.87. The summed E-state index contributed by atoms with van der Waals surface area (Å²) in [5.41, 5.74) is 4.78. The first-order valence-electron chi connectivity index (χ1n) is 8.26. The first-order valence-corrected chi connectivity index (χ1v) is 9.98. The smallest absolute Gasteiger partial charge is 0.255 e. The molecule has 1 aliphatic rings. The maximum Gasteiger partial charge on any atom is 0.255 e. The molecule has 3 rings (SSSR count). The fourth-order valence-electron chi connectivity index (χ4n) is 2.89. The maximum absolute atomic E-state index is 12.5. The number of hydrogen-bond donors (Lipinski definition) is 1. The van der Waals surface area contributed by atoms with Crippen molar-refractivity contribution >= 4 is 15.7 Å². The van der Waals surface area contributed by atoms with Crippen LogP contribution in [0.15, 0.2) is 47.9 Å². The number of nitrogens with one attached hydrogen (secondary N) is 1. The lowest BCUT2D eigenvalue weighted by atomic mass is 9.99. The summed E-state index contributed by atoms with van der Waals surface area (Å²) in [6.45, 7) is 4.12. The number of rotatable bonds is 4. The summed E-state index contributed by atoms with van der Waals surface area (Å²) in [6.07, 6.45) is 1.49. The van der Waals surface area contributed by atoms with Gasteiger partial charge in [-0.15, -0.1) is 0 Å². The lowest BCUT2D eigenvalue weighted by molar-refractivity contribution is 0.0944. The maximum atomic E-state index is 12.5. The van der Waals surface area contributed by atoms with E-state index in [1.54, 1.807) is 6.07 Å². The molecule has 0 saturated heterocycles. The SMILES string of the molecule is COc1cc(-c2ccc(C)c(C)c2)ccc1C(=O)NC1C=CS(=O)(=O)C1. The van der Waals surface area contributed by atoms with Crippen LogP contribution in [0, 0.1) is 13.8 Å². The minimum absolute atomic E-state index is 0.109. The van der Waals surface area contributed by atoms with Crippen LogP contribution >= 0.6 is 0 Å². The van der Waals surface area contributed by atoms with Crippen molar-refractivity contribution in [2.45, 2.75) is 19.9 Å². The first kappa shape index (κ1) is 18.2. The molecule has 0 aromatic heterocycles. The molecule has 1 heterocycles. The molecule has 0 radical (unpaired) electrons. The van der Waals surface area contributed by atoms with Crippen molar-refractivity contribution in [3.05, 3.63) is 64.6 Å². The van der Waals surface area contributed by atoms with E-state index in [0.717, 1.165) is 16.5 Å². The van der Waals surface area contributed by atoms with Crippen LogP contribution in [0.3, 0.4) is 0 Å². The van der Waals surface area contributed by atoms with Crippen LogP contribution in [0.2, 0.25) is 0 Å². The Labute approximate surface area is 153 Å². The van der Waals surface area contributed by atoms with Crippen molar-refractivity contribution in [1.82, 2.24) is 5.32 Å². The number of methoxy groups -OCH3 is 1. The summed E-state index contributed by atoms with van der Waals surface area (Å²) in [5, 5.41) is 3.85. The molecule has 2 aromatic carbocycles. The molecule has 0 spiro atoms. The van der Waals surface area contributed by atoms with Gasteiger partial charge in [-0.05, 0) is 54.3 Å². The molecule has 1 N–H and O–H groups in total. The van der Waals surface area contributed by atoms with E-state index < -0.39 is 15.9 Å². The van der Waals surface area contributed by atoms with Crippen LogP contribution in [0.25, 0.3) is 11.1 Å². The molecule has 1 atom stereocenters. The average molecular weight is 371 g/mol. The molecule has 1 amide bonds. The predicted molar refractivity (Wildman–Crippen MR) is 102 cm³/mol. The van der Waals surface area contributed by atoms with E-state index in [1.807, 2.05) is 18.2 Å². The van der Waals surface area contributed by atoms with E-state index in [9.17, 15) is 13.2 Å². The Morgan fingerprint density at radius 2 is 1.77 bits per heavy atom. The third-order valence-corrected chi connectivity index (χ3v) is 5.93. The molecule has 26 heavy (non-hydrogen) atoms. The van der Waals surface area contributed by atoms with Crippen molar-refractivity contribution in [3.8, 4) is 16.9 Å².